The molecule has 1 saturated carbocycles. The first-order valence-electron chi connectivity index (χ1n) is 10.3. The molecule has 6 rings (SSSR count). The Morgan fingerprint density at radius 3 is 2.91 bits per heavy atom. The number of aromatic amines is 1. The summed E-state index contributed by atoms with van der Waals surface area (Å²) in [5, 5.41) is 0.427. The van der Waals surface area contributed by atoms with Crippen LogP contribution < -0.4 is 15.7 Å². The minimum atomic E-state index is -0.320. The molecule has 10 heteroatoms. The third-order valence-corrected chi connectivity index (χ3v) is 7.26. The lowest BCUT2D eigenvalue weighted by Crippen LogP contribution is -2.24. The van der Waals surface area contributed by atoms with Crippen LogP contribution in [-0.4, -0.2) is 26.6 Å². The first kappa shape index (κ1) is 20.2. The number of pyridine rings is 1. The van der Waals surface area contributed by atoms with Crippen molar-refractivity contribution >= 4 is 43.4 Å². The summed E-state index contributed by atoms with van der Waals surface area (Å²) in [6.45, 7) is 0.155. The number of nitrogens with one attached hydrogen (secondary N) is 1. The fourth-order valence-electron chi connectivity index (χ4n) is 4.12. The molecule has 5 aromatic rings. The van der Waals surface area contributed by atoms with Gasteiger partial charge in [0.1, 0.15) is 37.3 Å². The number of benzene rings is 1. The van der Waals surface area contributed by atoms with E-state index in [1.54, 1.807) is 17.9 Å². The number of aromatic nitrogens is 4. The highest BCUT2D eigenvalue weighted by molar-refractivity contribution is 7.25. The SMILES string of the molecule is COc1ccc(-c2nc3sc4c(=O)c(Cl)c[nH]c4c3c(=O)n2Cc2cnco2)c(C2CC2)c1. The number of rotatable bonds is 5. The van der Waals surface area contributed by atoms with Crippen molar-refractivity contribution in [1.82, 2.24) is 19.5 Å². The Kier molecular flexibility index (Phi) is 4.63. The van der Waals surface area contributed by atoms with Crippen LogP contribution in [0, 0.1) is 0 Å². The molecule has 1 aliphatic rings. The van der Waals surface area contributed by atoms with E-state index in [4.69, 9.17) is 25.7 Å². The quantitative estimate of drug-likeness (QED) is 0.396. The number of fused-ring (bicyclic) bond motifs is 3. The summed E-state index contributed by atoms with van der Waals surface area (Å²) in [6.07, 6.45) is 6.45. The highest BCUT2D eigenvalue weighted by atomic mass is 35.5. The second kappa shape index (κ2) is 7.57. The van der Waals surface area contributed by atoms with Gasteiger partial charge in [-0.05, 0) is 42.5 Å². The number of ether oxygens (including phenoxy) is 1. The third-order valence-electron chi connectivity index (χ3n) is 5.89. The van der Waals surface area contributed by atoms with Crippen molar-refractivity contribution in [3.05, 3.63) is 73.9 Å². The highest BCUT2D eigenvalue weighted by Gasteiger charge is 2.29. The van der Waals surface area contributed by atoms with Crippen molar-refractivity contribution in [3.8, 4) is 17.1 Å². The Bertz CT molecular complexity index is 1650. The minimum absolute atomic E-state index is 0.0717. The number of H-pyrrole nitrogens is 1. The monoisotopic (exact) mass is 480 g/mol. The molecule has 1 fully saturated rings. The Morgan fingerprint density at radius 1 is 1.33 bits per heavy atom. The van der Waals surface area contributed by atoms with E-state index in [0.717, 1.165) is 29.7 Å². The minimum Gasteiger partial charge on any atom is -0.497 e. The molecule has 0 atom stereocenters. The molecule has 0 amide bonds. The molecule has 0 radical (unpaired) electrons. The molecule has 0 saturated heterocycles. The van der Waals surface area contributed by atoms with Gasteiger partial charge in [-0.2, -0.15) is 0 Å². The largest absolute Gasteiger partial charge is 0.497 e. The highest BCUT2D eigenvalue weighted by Crippen LogP contribution is 2.45. The van der Waals surface area contributed by atoms with Crippen LogP contribution in [0.4, 0.5) is 0 Å². The van der Waals surface area contributed by atoms with Crippen molar-refractivity contribution in [2.75, 3.05) is 7.11 Å². The van der Waals surface area contributed by atoms with E-state index >= 15 is 0 Å². The first-order chi connectivity index (χ1) is 16.0. The molecular formula is C23H17ClN4O4S. The van der Waals surface area contributed by atoms with E-state index in [9.17, 15) is 9.59 Å². The molecule has 1 N–H and O–H groups in total. The van der Waals surface area contributed by atoms with Gasteiger partial charge in [0.25, 0.3) is 5.56 Å². The zero-order valence-electron chi connectivity index (χ0n) is 17.4. The lowest BCUT2D eigenvalue weighted by Gasteiger charge is -2.15. The number of oxazole rings is 1. The zero-order chi connectivity index (χ0) is 22.7. The Balaban J connectivity index is 1.69. The van der Waals surface area contributed by atoms with Gasteiger partial charge in [0.2, 0.25) is 5.43 Å². The van der Waals surface area contributed by atoms with E-state index in [-0.39, 0.29) is 22.6 Å². The van der Waals surface area contributed by atoms with Crippen LogP contribution in [0.15, 0.2) is 51.0 Å². The summed E-state index contributed by atoms with van der Waals surface area (Å²) in [5.74, 6) is 2.19. The topological polar surface area (TPSA) is 103 Å². The lowest BCUT2D eigenvalue weighted by molar-refractivity contribution is 0.414. The van der Waals surface area contributed by atoms with E-state index in [1.807, 2.05) is 18.2 Å². The molecule has 33 heavy (non-hydrogen) atoms. The van der Waals surface area contributed by atoms with Crippen LogP contribution in [0.1, 0.15) is 30.1 Å². The number of hydrogen-bond acceptors (Lipinski definition) is 7. The van der Waals surface area contributed by atoms with Crippen molar-refractivity contribution in [1.29, 1.82) is 0 Å². The van der Waals surface area contributed by atoms with Gasteiger partial charge in [0.15, 0.2) is 6.39 Å². The summed E-state index contributed by atoms with van der Waals surface area (Å²) < 4.78 is 12.8. The smallest absolute Gasteiger partial charge is 0.265 e. The molecule has 8 nitrogen and oxygen atoms in total. The Labute approximate surface area is 195 Å². The van der Waals surface area contributed by atoms with Crippen LogP contribution >= 0.6 is 22.9 Å². The summed E-state index contributed by atoms with van der Waals surface area (Å²) in [4.78, 5) is 38.8. The molecule has 4 aromatic heterocycles. The maximum atomic E-state index is 13.8. The maximum absolute atomic E-state index is 13.8. The van der Waals surface area contributed by atoms with Gasteiger partial charge in [-0.15, -0.1) is 11.3 Å². The molecule has 4 heterocycles. The van der Waals surface area contributed by atoms with Gasteiger partial charge in [-0.1, -0.05) is 11.6 Å². The Morgan fingerprint density at radius 2 is 2.18 bits per heavy atom. The van der Waals surface area contributed by atoms with Crippen LogP contribution in [0.3, 0.4) is 0 Å². The predicted molar refractivity (Wildman–Crippen MR) is 127 cm³/mol. The summed E-state index contributed by atoms with van der Waals surface area (Å²) in [7, 11) is 1.63. The van der Waals surface area contributed by atoms with Crippen molar-refractivity contribution in [3.63, 3.8) is 0 Å². The molecule has 166 valence electrons. The van der Waals surface area contributed by atoms with E-state index in [2.05, 4.69) is 9.97 Å². The molecule has 0 spiro atoms. The molecule has 0 unspecified atom stereocenters. The molecule has 0 bridgehead atoms. The fraction of sp³-hybridized carbons (Fsp3) is 0.217. The number of methoxy groups -OCH3 is 1. The first-order valence-corrected chi connectivity index (χ1v) is 11.5. The average molecular weight is 481 g/mol. The van der Waals surface area contributed by atoms with Crippen LogP contribution in [0.25, 0.3) is 31.8 Å². The van der Waals surface area contributed by atoms with Crippen molar-refractivity contribution < 1.29 is 9.15 Å². The van der Waals surface area contributed by atoms with Gasteiger partial charge >= 0.3 is 0 Å². The predicted octanol–water partition coefficient (Wildman–Crippen LogP) is 4.54. The maximum Gasteiger partial charge on any atom is 0.265 e. The number of hydrogen-bond donors (Lipinski definition) is 1. The van der Waals surface area contributed by atoms with Crippen molar-refractivity contribution in [2.24, 2.45) is 0 Å². The van der Waals surface area contributed by atoms with Crippen LogP contribution in [0.5, 0.6) is 5.75 Å². The molecule has 1 aliphatic carbocycles. The third kappa shape index (κ3) is 3.27. The van der Waals surface area contributed by atoms with E-state index < -0.39 is 0 Å². The van der Waals surface area contributed by atoms with E-state index in [1.165, 1.54) is 23.9 Å². The van der Waals surface area contributed by atoms with Gasteiger partial charge in [-0.25, -0.2) is 9.97 Å². The molecule has 0 aliphatic heterocycles. The fourth-order valence-corrected chi connectivity index (χ4v) is 5.41. The van der Waals surface area contributed by atoms with Gasteiger partial charge in [0, 0.05) is 11.8 Å². The number of thiophene rings is 1. The molecule has 1 aromatic carbocycles. The lowest BCUT2D eigenvalue weighted by atomic mass is 10.0. The van der Waals surface area contributed by atoms with Gasteiger partial charge < -0.3 is 14.1 Å². The second-order valence-electron chi connectivity index (χ2n) is 7.97. The van der Waals surface area contributed by atoms with Crippen LogP contribution in [0.2, 0.25) is 5.02 Å². The van der Waals surface area contributed by atoms with E-state index in [0.29, 0.717) is 37.9 Å². The number of halogens is 1. The summed E-state index contributed by atoms with van der Waals surface area (Å²) in [5.41, 5.74) is 1.80. The number of nitrogens with zero attached hydrogens (tertiary/aromatic N) is 3. The van der Waals surface area contributed by atoms with Crippen molar-refractivity contribution in [2.45, 2.75) is 25.3 Å². The normalized spacial score (nSPS) is 13.8. The standard InChI is InChI=1S/C23H17ClN4O4S/c1-31-12-4-5-14(15(6-12)11-2-3-11)21-27-22-17(18-20(33-22)19(29)16(24)8-26-18)23(30)28(21)9-13-7-25-10-32-13/h4-8,10-11H,2-3,9H2,1H3,(H,26,29). The average Bonchev–Trinajstić information content (AvgIpc) is 3.41. The zero-order valence-corrected chi connectivity index (χ0v) is 19.0. The van der Waals surface area contributed by atoms with Gasteiger partial charge in [0.05, 0.1) is 25.4 Å². The molecular weight excluding hydrogens is 464 g/mol. The Hall–Kier alpha value is -3.43. The second-order valence-corrected chi connectivity index (χ2v) is 9.38. The summed E-state index contributed by atoms with van der Waals surface area (Å²) in [6, 6.07) is 5.81. The van der Waals surface area contributed by atoms with Gasteiger partial charge in [-0.3, -0.25) is 14.2 Å². The van der Waals surface area contributed by atoms with Crippen LogP contribution in [-0.2, 0) is 6.54 Å². The summed E-state index contributed by atoms with van der Waals surface area (Å²) >= 11 is 7.19.